The van der Waals surface area contributed by atoms with E-state index in [9.17, 15) is 14.4 Å². The maximum absolute atomic E-state index is 13.1. The maximum atomic E-state index is 13.1. The van der Waals surface area contributed by atoms with Crippen molar-refractivity contribution in [1.82, 2.24) is 14.4 Å². The number of carbonyl (C=O) groups is 2. The number of nitrogens with zero attached hydrogens (tertiary/aromatic N) is 3. The summed E-state index contributed by atoms with van der Waals surface area (Å²) in [7, 11) is 0. The lowest BCUT2D eigenvalue weighted by Crippen LogP contribution is -2.51. The smallest absolute Gasteiger partial charge is 0.263 e. The van der Waals surface area contributed by atoms with E-state index in [-0.39, 0.29) is 29.5 Å². The van der Waals surface area contributed by atoms with Crippen LogP contribution < -0.4 is 10.9 Å². The topological polar surface area (TPSA) is 74.7 Å². The van der Waals surface area contributed by atoms with Gasteiger partial charge in [-0.1, -0.05) is 53.6 Å². The molecule has 7 nitrogen and oxygen atoms in total. The number of anilines is 1. The molecule has 3 aromatic rings. The van der Waals surface area contributed by atoms with E-state index in [4.69, 9.17) is 11.6 Å². The molecule has 0 saturated carbocycles. The lowest BCUT2D eigenvalue weighted by atomic mass is 10.1. The van der Waals surface area contributed by atoms with Crippen LogP contribution in [0.5, 0.6) is 0 Å². The Morgan fingerprint density at radius 3 is 2.47 bits per heavy atom. The summed E-state index contributed by atoms with van der Waals surface area (Å²) in [4.78, 5) is 42.1. The summed E-state index contributed by atoms with van der Waals surface area (Å²) in [6.07, 6.45) is 1.71. The van der Waals surface area contributed by atoms with Gasteiger partial charge in [-0.15, -0.1) is 0 Å². The molecule has 1 N–H and O–H groups in total. The molecule has 0 spiro atoms. The number of aryl methyl sites for hydroxylation is 1. The number of amides is 2. The van der Waals surface area contributed by atoms with Gasteiger partial charge < -0.3 is 14.8 Å². The molecule has 8 heteroatoms. The van der Waals surface area contributed by atoms with Crippen LogP contribution in [0.1, 0.15) is 21.5 Å². The second-order valence-corrected chi connectivity index (χ2v) is 8.85. The van der Waals surface area contributed by atoms with Gasteiger partial charge in [0.1, 0.15) is 5.56 Å². The van der Waals surface area contributed by atoms with Gasteiger partial charge in [-0.3, -0.25) is 19.3 Å². The fraction of sp³-hybridized carbons (Fsp3) is 0.269. The van der Waals surface area contributed by atoms with Crippen LogP contribution in [0, 0.1) is 6.92 Å². The second kappa shape index (κ2) is 10.7. The number of nitrogens with one attached hydrogen (secondary N) is 1. The highest BCUT2D eigenvalue weighted by molar-refractivity contribution is 6.33. The molecule has 2 heterocycles. The predicted octanol–water partition coefficient (Wildman–Crippen LogP) is 3.25. The zero-order chi connectivity index (χ0) is 24.1. The third-order valence-electron chi connectivity index (χ3n) is 5.86. The van der Waals surface area contributed by atoms with Gasteiger partial charge in [-0.05, 0) is 36.8 Å². The first-order chi connectivity index (χ1) is 16.4. The third-order valence-corrected chi connectivity index (χ3v) is 6.19. The minimum Gasteiger partial charge on any atom is -0.336 e. The fourth-order valence-electron chi connectivity index (χ4n) is 4.07. The zero-order valence-electron chi connectivity index (χ0n) is 19.0. The molecule has 4 rings (SSSR count). The summed E-state index contributed by atoms with van der Waals surface area (Å²) < 4.78 is 1.57. The zero-order valence-corrected chi connectivity index (χ0v) is 19.8. The second-order valence-electron chi connectivity index (χ2n) is 8.44. The van der Waals surface area contributed by atoms with E-state index >= 15 is 0 Å². The van der Waals surface area contributed by atoms with Crippen molar-refractivity contribution in [2.45, 2.75) is 13.5 Å². The molecular weight excluding hydrogens is 452 g/mol. The van der Waals surface area contributed by atoms with Crippen molar-refractivity contribution < 1.29 is 9.59 Å². The van der Waals surface area contributed by atoms with Crippen LogP contribution in [0.2, 0.25) is 5.02 Å². The number of halogens is 1. The first-order valence-electron chi connectivity index (χ1n) is 11.2. The number of aromatic nitrogens is 1. The van der Waals surface area contributed by atoms with Crippen LogP contribution >= 0.6 is 11.6 Å². The molecule has 1 aromatic heterocycles. The van der Waals surface area contributed by atoms with E-state index in [1.54, 1.807) is 46.0 Å². The Morgan fingerprint density at radius 2 is 1.74 bits per heavy atom. The van der Waals surface area contributed by atoms with Crippen molar-refractivity contribution >= 4 is 29.1 Å². The van der Waals surface area contributed by atoms with Crippen molar-refractivity contribution in [3.8, 4) is 0 Å². The Bertz CT molecular complexity index is 1250. The van der Waals surface area contributed by atoms with Gasteiger partial charge in [-0.2, -0.15) is 0 Å². The van der Waals surface area contributed by atoms with Gasteiger partial charge in [0, 0.05) is 32.4 Å². The number of benzene rings is 2. The first kappa shape index (κ1) is 23.7. The molecule has 1 saturated heterocycles. The van der Waals surface area contributed by atoms with Crippen LogP contribution in [0.15, 0.2) is 71.7 Å². The van der Waals surface area contributed by atoms with Crippen LogP contribution in [-0.4, -0.2) is 58.9 Å². The summed E-state index contributed by atoms with van der Waals surface area (Å²) in [6.45, 7) is 4.62. The molecule has 2 aromatic carbocycles. The van der Waals surface area contributed by atoms with Gasteiger partial charge in [0.05, 0.1) is 23.8 Å². The fourth-order valence-corrected chi connectivity index (χ4v) is 4.25. The van der Waals surface area contributed by atoms with Crippen molar-refractivity contribution in [1.29, 1.82) is 0 Å². The van der Waals surface area contributed by atoms with Gasteiger partial charge in [0.25, 0.3) is 11.5 Å². The summed E-state index contributed by atoms with van der Waals surface area (Å²) in [5.74, 6) is -0.432. The Hall–Kier alpha value is -3.42. The minimum absolute atomic E-state index is 0.157. The lowest BCUT2D eigenvalue weighted by Gasteiger charge is -2.34. The number of hydrogen-bond acceptors (Lipinski definition) is 4. The first-order valence-corrected chi connectivity index (χ1v) is 11.6. The Labute approximate surface area is 203 Å². The molecule has 0 unspecified atom stereocenters. The van der Waals surface area contributed by atoms with Crippen molar-refractivity contribution in [2.24, 2.45) is 0 Å². The molecule has 1 aliphatic heterocycles. The summed E-state index contributed by atoms with van der Waals surface area (Å²) >= 11 is 6.10. The quantitative estimate of drug-likeness (QED) is 0.590. The highest BCUT2D eigenvalue weighted by Gasteiger charge is 2.25. The average molecular weight is 479 g/mol. The molecule has 0 atom stereocenters. The highest BCUT2D eigenvalue weighted by Crippen LogP contribution is 2.20. The minimum atomic E-state index is -0.296. The van der Waals surface area contributed by atoms with E-state index in [0.717, 1.165) is 11.1 Å². The van der Waals surface area contributed by atoms with E-state index in [0.29, 0.717) is 43.4 Å². The number of hydrogen-bond donors (Lipinski definition) is 1. The number of para-hydroxylation sites is 1. The monoisotopic (exact) mass is 478 g/mol. The largest absolute Gasteiger partial charge is 0.336 e. The Morgan fingerprint density at radius 1 is 0.971 bits per heavy atom. The van der Waals surface area contributed by atoms with Crippen molar-refractivity contribution in [3.05, 3.63) is 98.9 Å². The molecule has 0 bridgehead atoms. The average Bonchev–Trinajstić information content (AvgIpc) is 2.82. The summed E-state index contributed by atoms with van der Waals surface area (Å²) in [5, 5.41) is 3.31. The van der Waals surface area contributed by atoms with Gasteiger partial charge in [0.15, 0.2) is 0 Å². The highest BCUT2D eigenvalue weighted by atomic mass is 35.5. The molecule has 0 radical (unpaired) electrons. The van der Waals surface area contributed by atoms with E-state index in [1.807, 2.05) is 42.2 Å². The van der Waals surface area contributed by atoms with Crippen LogP contribution in [0.4, 0.5) is 5.69 Å². The molecule has 1 fully saturated rings. The number of pyridine rings is 1. The SMILES string of the molecule is Cc1cccc(Cn2cccc(C(=O)N3CCN(CC(=O)Nc4ccccc4Cl)CC3)c2=O)c1. The maximum Gasteiger partial charge on any atom is 0.263 e. The number of piperazine rings is 1. The van der Waals surface area contributed by atoms with Gasteiger partial charge in [0.2, 0.25) is 5.91 Å². The normalized spacial score (nSPS) is 14.1. The van der Waals surface area contributed by atoms with Gasteiger partial charge in [-0.25, -0.2) is 0 Å². The van der Waals surface area contributed by atoms with Crippen molar-refractivity contribution in [2.75, 3.05) is 38.0 Å². The van der Waals surface area contributed by atoms with E-state index in [2.05, 4.69) is 5.32 Å². The Balaban J connectivity index is 1.35. The van der Waals surface area contributed by atoms with E-state index < -0.39 is 0 Å². The molecule has 1 aliphatic rings. The van der Waals surface area contributed by atoms with Crippen molar-refractivity contribution in [3.63, 3.8) is 0 Å². The number of rotatable bonds is 6. The predicted molar refractivity (Wildman–Crippen MR) is 133 cm³/mol. The van der Waals surface area contributed by atoms with Crippen LogP contribution in [-0.2, 0) is 11.3 Å². The molecular formula is C26H27ClN4O3. The Kier molecular flexibility index (Phi) is 7.45. The van der Waals surface area contributed by atoms with E-state index in [1.165, 1.54) is 0 Å². The summed E-state index contributed by atoms with van der Waals surface area (Å²) in [5.41, 5.74) is 2.58. The molecule has 2 amide bonds. The van der Waals surface area contributed by atoms with Crippen LogP contribution in [0.3, 0.4) is 0 Å². The van der Waals surface area contributed by atoms with Gasteiger partial charge >= 0.3 is 0 Å². The summed E-state index contributed by atoms with van der Waals surface area (Å²) in [6, 6.07) is 18.4. The number of carbonyl (C=O) groups excluding carboxylic acids is 2. The molecule has 0 aliphatic carbocycles. The standard InChI is InChI=1S/C26H27ClN4O3/c1-19-6-4-7-20(16-19)17-31-11-5-8-21(26(31)34)25(33)30-14-12-29(13-15-30)18-24(32)28-23-10-3-2-9-22(23)27/h2-11,16H,12-15,17-18H2,1H3,(H,28,32). The van der Waals surface area contributed by atoms with Crippen LogP contribution in [0.25, 0.3) is 0 Å². The molecule has 34 heavy (non-hydrogen) atoms. The lowest BCUT2D eigenvalue weighted by molar-refractivity contribution is -0.117. The molecule has 176 valence electrons. The third kappa shape index (κ3) is 5.73.